The Bertz CT molecular complexity index is 291. The lowest BCUT2D eigenvalue weighted by atomic mass is 9.98. The normalized spacial score (nSPS) is 10.6. The zero-order chi connectivity index (χ0) is 11.1. The molecule has 0 heterocycles. The van der Waals surface area contributed by atoms with Crippen molar-refractivity contribution in [3.63, 3.8) is 0 Å². The van der Waals surface area contributed by atoms with Crippen LogP contribution in [0.25, 0.3) is 0 Å². The van der Waals surface area contributed by atoms with Crippen LogP contribution in [0.1, 0.15) is 50.7 Å². The van der Waals surface area contributed by atoms with E-state index in [2.05, 4.69) is 13.8 Å². The molecule has 0 aliphatic carbocycles. The van der Waals surface area contributed by atoms with Crippen molar-refractivity contribution in [3.8, 4) is 0 Å². The zero-order valence-corrected chi connectivity index (χ0v) is 9.85. The summed E-state index contributed by atoms with van der Waals surface area (Å²) in [6, 6.07) is 5.24. The van der Waals surface area contributed by atoms with E-state index in [0.29, 0.717) is 0 Å². The first-order chi connectivity index (χ1) is 7.27. The van der Waals surface area contributed by atoms with Gasteiger partial charge in [0, 0.05) is 0 Å². The predicted octanol–water partition coefficient (Wildman–Crippen LogP) is 4.51. The fourth-order valence-corrected chi connectivity index (χ4v) is 1.91. The molecule has 0 nitrogen and oxygen atoms in total. The summed E-state index contributed by atoms with van der Waals surface area (Å²) in [6.07, 6.45) is 6.92. The third kappa shape index (κ3) is 4.03. The quantitative estimate of drug-likeness (QED) is 0.603. The third-order valence-corrected chi connectivity index (χ3v) is 2.74. The topological polar surface area (TPSA) is 0 Å². The van der Waals surface area contributed by atoms with E-state index in [-0.39, 0.29) is 5.82 Å². The molecular weight excluding hydrogens is 187 g/mol. The van der Waals surface area contributed by atoms with E-state index in [1.165, 1.54) is 30.4 Å². The van der Waals surface area contributed by atoms with E-state index in [9.17, 15) is 4.39 Å². The van der Waals surface area contributed by atoms with Gasteiger partial charge in [0.25, 0.3) is 0 Å². The van der Waals surface area contributed by atoms with Gasteiger partial charge in [0.05, 0.1) is 0 Å². The molecule has 15 heavy (non-hydrogen) atoms. The summed E-state index contributed by atoms with van der Waals surface area (Å²) in [5, 5.41) is 0. The molecule has 0 atom stereocenters. The Morgan fingerprint density at radius 3 is 2.40 bits per heavy atom. The van der Waals surface area contributed by atoms with Crippen LogP contribution in [-0.2, 0) is 12.8 Å². The van der Waals surface area contributed by atoms with Crippen LogP contribution in [0.3, 0.4) is 0 Å². The average Bonchev–Trinajstić information content (AvgIpc) is 2.22. The van der Waals surface area contributed by atoms with Crippen molar-refractivity contribution >= 4 is 0 Å². The maximum Gasteiger partial charge on any atom is 0.123 e. The maximum atomic E-state index is 13.1. The van der Waals surface area contributed by atoms with Gasteiger partial charge in [-0.25, -0.2) is 4.39 Å². The van der Waals surface area contributed by atoms with Crippen molar-refractivity contribution in [3.05, 3.63) is 35.1 Å². The molecule has 1 heteroatoms. The molecule has 0 N–H and O–H groups in total. The van der Waals surface area contributed by atoms with Crippen LogP contribution in [0, 0.1) is 5.82 Å². The van der Waals surface area contributed by atoms with Crippen LogP contribution in [0.15, 0.2) is 18.2 Å². The molecule has 0 fully saturated rings. The van der Waals surface area contributed by atoms with Gasteiger partial charge in [-0.3, -0.25) is 0 Å². The monoisotopic (exact) mass is 208 g/mol. The maximum absolute atomic E-state index is 13.1. The Balaban J connectivity index is 2.67. The molecule has 0 aliphatic rings. The van der Waals surface area contributed by atoms with Gasteiger partial charge in [-0.15, -0.1) is 0 Å². The molecule has 0 aromatic heterocycles. The molecule has 0 saturated carbocycles. The van der Waals surface area contributed by atoms with E-state index in [4.69, 9.17) is 0 Å². The SMILES string of the molecule is CCCCCc1ccc(F)cc1CCC. The van der Waals surface area contributed by atoms with Crippen LogP contribution < -0.4 is 0 Å². The summed E-state index contributed by atoms with van der Waals surface area (Å²) in [4.78, 5) is 0. The Labute approximate surface area is 92.5 Å². The number of hydrogen-bond donors (Lipinski definition) is 0. The van der Waals surface area contributed by atoms with E-state index < -0.39 is 0 Å². The molecule has 0 unspecified atom stereocenters. The van der Waals surface area contributed by atoms with Crippen LogP contribution in [0.4, 0.5) is 4.39 Å². The Hall–Kier alpha value is -0.850. The van der Waals surface area contributed by atoms with Gasteiger partial charge in [-0.2, -0.15) is 0 Å². The summed E-state index contributed by atoms with van der Waals surface area (Å²) in [5.74, 6) is -0.0994. The summed E-state index contributed by atoms with van der Waals surface area (Å²) >= 11 is 0. The van der Waals surface area contributed by atoms with Crippen molar-refractivity contribution in [1.29, 1.82) is 0 Å². The minimum absolute atomic E-state index is 0.0994. The second-order valence-corrected chi connectivity index (χ2v) is 4.12. The fraction of sp³-hybridized carbons (Fsp3) is 0.571. The number of unbranched alkanes of at least 4 members (excludes halogenated alkanes) is 2. The van der Waals surface area contributed by atoms with E-state index in [1.807, 2.05) is 6.07 Å². The standard InChI is InChI=1S/C14H21F/c1-3-5-6-8-12-9-10-14(15)11-13(12)7-4-2/h9-11H,3-8H2,1-2H3. The highest BCUT2D eigenvalue weighted by molar-refractivity contribution is 5.28. The van der Waals surface area contributed by atoms with Gasteiger partial charge in [0.2, 0.25) is 0 Å². The van der Waals surface area contributed by atoms with Crippen molar-refractivity contribution in [1.82, 2.24) is 0 Å². The van der Waals surface area contributed by atoms with Crippen LogP contribution in [-0.4, -0.2) is 0 Å². The molecular formula is C14H21F. The first kappa shape index (κ1) is 12.2. The summed E-state index contributed by atoms with van der Waals surface area (Å²) in [5.41, 5.74) is 2.54. The van der Waals surface area contributed by atoms with Gasteiger partial charge in [0.15, 0.2) is 0 Å². The lowest BCUT2D eigenvalue weighted by Crippen LogP contribution is -1.95. The van der Waals surface area contributed by atoms with Gasteiger partial charge < -0.3 is 0 Å². The summed E-state index contributed by atoms with van der Waals surface area (Å²) in [6.45, 7) is 4.35. The van der Waals surface area contributed by atoms with Crippen LogP contribution in [0.2, 0.25) is 0 Å². The van der Waals surface area contributed by atoms with Crippen LogP contribution >= 0.6 is 0 Å². The largest absolute Gasteiger partial charge is 0.207 e. The van der Waals surface area contributed by atoms with Crippen LogP contribution in [0.5, 0.6) is 0 Å². The number of halogens is 1. The molecule has 84 valence electrons. The number of hydrogen-bond acceptors (Lipinski definition) is 0. The van der Waals surface area contributed by atoms with Gasteiger partial charge in [-0.05, 0) is 42.5 Å². The second-order valence-electron chi connectivity index (χ2n) is 4.12. The fourth-order valence-electron chi connectivity index (χ4n) is 1.91. The lowest BCUT2D eigenvalue weighted by Gasteiger charge is -2.08. The van der Waals surface area contributed by atoms with Gasteiger partial charge in [0.1, 0.15) is 5.82 Å². The molecule has 0 amide bonds. The lowest BCUT2D eigenvalue weighted by molar-refractivity contribution is 0.622. The third-order valence-electron chi connectivity index (χ3n) is 2.74. The van der Waals surface area contributed by atoms with Crippen molar-refractivity contribution < 1.29 is 4.39 Å². The second kappa shape index (κ2) is 6.60. The summed E-state index contributed by atoms with van der Waals surface area (Å²) < 4.78 is 13.1. The molecule has 0 aliphatic heterocycles. The van der Waals surface area contributed by atoms with E-state index in [1.54, 1.807) is 12.1 Å². The number of rotatable bonds is 6. The minimum atomic E-state index is -0.0994. The molecule has 0 bridgehead atoms. The Morgan fingerprint density at radius 1 is 0.933 bits per heavy atom. The Morgan fingerprint density at radius 2 is 1.73 bits per heavy atom. The average molecular weight is 208 g/mol. The minimum Gasteiger partial charge on any atom is -0.207 e. The molecule has 1 aromatic carbocycles. The Kier molecular flexibility index (Phi) is 5.38. The van der Waals surface area contributed by atoms with E-state index >= 15 is 0 Å². The molecule has 0 saturated heterocycles. The number of benzene rings is 1. The summed E-state index contributed by atoms with van der Waals surface area (Å²) in [7, 11) is 0. The molecule has 1 aromatic rings. The van der Waals surface area contributed by atoms with Crippen molar-refractivity contribution in [2.24, 2.45) is 0 Å². The number of aryl methyl sites for hydroxylation is 2. The zero-order valence-electron chi connectivity index (χ0n) is 9.85. The highest BCUT2D eigenvalue weighted by Crippen LogP contribution is 2.16. The highest BCUT2D eigenvalue weighted by atomic mass is 19.1. The highest BCUT2D eigenvalue weighted by Gasteiger charge is 2.03. The molecule has 0 radical (unpaired) electrons. The van der Waals surface area contributed by atoms with Crippen molar-refractivity contribution in [2.45, 2.75) is 52.4 Å². The van der Waals surface area contributed by atoms with Crippen molar-refractivity contribution in [2.75, 3.05) is 0 Å². The first-order valence-corrected chi connectivity index (χ1v) is 6.05. The van der Waals surface area contributed by atoms with E-state index in [0.717, 1.165) is 19.3 Å². The molecule has 1 rings (SSSR count). The van der Waals surface area contributed by atoms with Gasteiger partial charge in [-0.1, -0.05) is 39.2 Å². The van der Waals surface area contributed by atoms with Gasteiger partial charge >= 0.3 is 0 Å². The molecule has 0 spiro atoms. The first-order valence-electron chi connectivity index (χ1n) is 6.05. The smallest absolute Gasteiger partial charge is 0.123 e. The predicted molar refractivity (Wildman–Crippen MR) is 63.6 cm³/mol.